The molecule has 4 N–H and O–H groups in total. The fourth-order valence-corrected chi connectivity index (χ4v) is 2.20. The van der Waals surface area contributed by atoms with Crippen LogP contribution in [0, 0.1) is 0 Å². The summed E-state index contributed by atoms with van der Waals surface area (Å²) in [6, 6.07) is 11.7. The lowest BCUT2D eigenvalue weighted by Crippen LogP contribution is -2.37. The highest BCUT2D eigenvalue weighted by Crippen LogP contribution is 2.25. The Balaban J connectivity index is 0.00000364. The minimum atomic E-state index is -0.953. The van der Waals surface area contributed by atoms with Gasteiger partial charge in [0.25, 0.3) is 0 Å². The number of hydrogen-bond donors (Lipinski definition) is 3. The van der Waals surface area contributed by atoms with Crippen molar-refractivity contribution in [1.82, 2.24) is 0 Å². The normalized spacial score (nSPS) is 12.4. The average molecular weight is 396 g/mol. The number of ether oxygens (including phenoxy) is 2. The third-order valence-corrected chi connectivity index (χ3v) is 3.57. The number of aromatic hydroxyl groups is 2. The molecule has 0 aliphatic carbocycles. The zero-order chi connectivity index (χ0) is 19.1. The first-order valence-corrected chi connectivity index (χ1v) is 8.06. The molecule has 0 spiro atoms. The maximum absolute atomic E-state index is 12.0. The van der Waals surface area contributed by atoms with Crippen molar-refractivity contribution in [2.75, 3.05) is 6.61 Å². The van der Waals surface area contributed by atoms with Crippen molar-refractivity contribution >= 4 is 24.3 Å². The van der Waals surface area contributed by atoms with E-state index in [2.05, 4.69) is 0 Å². The lowest BCUT2D eigenvalue weighted by atomic mass is 10.1. The molecule has 0 saturated carbocycles. The van der Waals surface area contributed by atoms with Gasteiger partial charge >= 0.3 is 11.9 Å². The van der Waals surface area contributed by atoms with Crippen molar-refractivity contribution in [3.05, 3.63) is 59.7 Å². The van der Waals surface area contributed by atoms with Gasteiger partial charge in [-0.3, -0.25) is 4.79 Å². The third kappa shape index (κ3) is 6.80. The Hall–Kier alpha value is -2.77. The molecule has 0 aliphatic heterocycles. The summed E-state index contributed by atoms with van der Waals surface area (Å²) < 4.78 is 10.3. The molecule has 2 atom stereocenters. The van der Waals surface area contributed by atoms with Crippen LogP contribution in [0.3, 0.4) is 0 Å². The predicted molar refractivity (Wildman–Crippen MR) is 101 cm³/mol. The molecule has 0 aromatic heterocycles. The predicted octanol–water partition coefficient (Wildman–Crippen LogP) is 2.18. The lowest BCUT2D eigenvalue weighted by molar-refractivity contribution is -0.151. The summed E-state index contributed by atoms with van der Waals surface area (Å²) >= 11 is 0. The van der Waals surface area contributed by atoms with Crippen LogP contribution in [0.5, 0.6) is 11.5 Å². The summed E-state index contributed by atoms with van der Waals surface area (Å²) in [7, 11) is 0. The molecule has 0 amide bonds. The van der Waals surface area contributed by atoms with Gasteiger partial charge in [0.05, 0.1) is 5.56 Å². The fraction of sp³-hybridized carbons (Fsp3) is 0.263. The van der Waals surface area contributed by atoms with Crippen LogP contribution in [-0.4, -0.2) is 40.9 Å². The number of halogens is 1. The van der Waals surface area contributed by atoms with Crippen molar-refractivity contribution in [3.63, 3.8) is 0 Å². The summed E-state index contributed by atoms with van der Waals surface area (Å²) in [5.74, 6) is -1.69. The molecule has 0 bridgehead atoms. The van der Waals surface area contributed by atoms with Gasteiger partial charge in [-0.25, -0.2) is 4.79 Å². The van der Waals surface area contributed by atoms with E-state index in [1.54, 1.807) is 43.3 Å². The second kappa shape index (κ2) is 10.4. The van der Waals surface area contributed by atoms with Crippen LogP contribution >= 0.6 is 12.4 Å². The van der Waals surface area contributed by atoms with Crippen LogP contribution in [0.4, 0.5) is 0 Å². The van der Waals surface area contributed by atoms with Crippen molar-refractivity contribution < 1.29 is 29.3 Å². The van der Waals surface area contributed by atoms with Crippen molar-refractivity contribution in [2.24, 2.45) is 5.73 Å². The number of benzene rings is 2. The zero-order valence-electron chi connectivity index (χ0n) is 14.7. The minimum Gasteiger partial charge on any atom is -0.504 e. The molecule has 0 heterocycles. The Labute approximate surface area is 163 Å². The van der Waals surface area contributed by atoms with E-state index >= 15 is 0 Å². The first-order valence-electron chi connectivity index (χ1n) is 8.06. The van der Waals surface area contributed by atoms with Crippen LogP contribution in [0.2, 0.25) is 0 Å². The van der Waals surface area contributed by atoms with Crippen LogP contribution in [0.15, 0.2) is 48.5 Å². The standard InChI is InChI=1S/C19H21NO6.ClH/c1-12(11-25-18(23)14-5-3-2-4-6-14)26-19(24)15(20)9-13-7-8-16(21)17(22)10-13;/h2-8,10,12,15,21-22H,9,11,20H2,1H3;1H/t12-,15+;/m1./s1. The summed E-state index contributed by atoms with van der Waals surface area (Å²) in [6.45, 7) is 1.50. The zero-order valence-corrected chi connectivity index (χ0v) is 15.5. The van der Waals surface area contributed by atoms with Gasteiger partial charge in [0, 0.05) is 0 Å². The van der Waals surface area contributed by atoms with Crippen LogP contribution in [0.25, 0.3) is 0 Å². The van der Waals surface area contributed by atoms with Crippen LogP contribution < -0.4 is 5.73 Å². The number of rotatable bonds is 7. The Kier molecular flexibility index (Phi) is 8.58. The van der Waals surface area contributed by atoms with Gasteiger partial charge in [-0.2, -0.15) is 0 Å². The minimum absolute atomic E-state index is 0. The quantitative estimate of drug-likeness (QED) is 0.485. The molecular formula is C19H22ClNO6. The van der Waals surface area contributed by atoms with E-state index in [-0.39, 0.29) is 36.9 Å². The molecule has 2 aromatic rings. The van der Waals surface area contributed by atoms with Gasteiger partial charge in [-0.1, -0.05) is 24.3 Å². The van der Waals surface area contributed by atoms with Crippen molar-refractivity contribution in [3.8, 4) is 11.5 Å². The topological polar surface area (TPSA) is 119 Å². The molecule has 0 unspecified atom stereocenters. The summed E-state index contributed by atoms with van der Waals surface area (Å²) in [4.78, 5) is 23.9. The van der Waals surface area contributed by atoms with E-state index < -0.39 is 24.1 Å². The lowest BCUT2D eigenvalue weighted by Gasteiger charge is -2.17. The molecule has 0 saturated heterocycles. The molecule has 2 aromatic carbocycles. The van der Waals surface area contributed by atoms with Gasteiger partial charge in [-0.15, -0.1) is 12.4 Å². The third-order valence-electron chi connectivity index (χ3n) is 3.57. The molecule has 2 rings (SSSR count). The first-order chi connectivity index (χ1) is 12.4. The number of carbonyl (C=O) groups is 2. The second-order valence-corrected chi connectivity index (χ2v) is 5.85. The Bertz CT molecular complexity index is 768. The van der Waals surface area contributed by atoms with Crippen molar-refractivity contribution in [1.29, 1.82) is 0 Å². The number of hydrogen-bond acceptors (Lipinski definition) is 7. The Morgan fingerprint density at radius 2 is 1.74 bits per heavy atom. The smallest absolute Gasteiger partial charge is 0.338 e. The number of esters is 2. The molecule has 7 nitrogen and oxygen atoms in total. The molecule has 0 radical (unpaired) electrons. The molecular weight excluding hydrogens is 374 g/mol. The van der Waals surface area contributed by atoms with E-state index in [9.17, 15) is 19.8 Å². The number of nitrogens with two attached hydrogens (primary N) is 1. The highest BCUT2D eigenvalue weighted by molar-refractivity contribution is 5.89. The molecule has 0 fully saturated rings. The summed E-state index contributed by atoms with van der Waals surface area (Å²) in [6.07, 6.45) is -0.530. The molecule has 27 heavy (non-hydrogen) atoms. The van der Waals surface area contributed by atoms with E-state index in [0.717, 1.165) is 0 Å². The number of phenols is 2. The monoisotopic (exact) mass is 395 g/mol. The molecule has 0 aliphatic rings. The van der Waals surface area contributed by atoms with Gasteiger partial charge < -0.3 is 25.4 Å². The average Bonchev–Trinajstić information content (AvgIpc) is 2.63. The summed E-state index contributed by atoms with van der Waals surface area (Å²) in [5, 5.41) is 18.7. The Morgan fingerprint density at radius 1 is 1.07 bits per heavy atom. The van der Waals surface area contributed by atoms with Gasteiger partial charge in [0.1, 0.15) is 18.8 Å². The van der Waals surface area contributed by atoms with E-state index in [4.69, 9.17) is 15.2 Å². The fourth-order valence-electron chi connectivity index (χ4n) is 2.20. The number of phenolic OH excluding ortho intramolecular Hbond substituents is 2. The van der Waals surface area contributed by atoms with E-state index in [1.165, 1.54) is 12.1 Å². The Morgan fingerprint density at radius 3 is 2.37 bits per heavy atom. The highest BCUT2D eigenvalue weighted by atomic mass is 35.5. The number of carbonyl (C=O) groups excluding carboxylic acids is 2. The SMILES string of the molecule is C[C@H](COC(=O)c1ccccc1)OC(=O)[C@@H](N)Cc1ccc(O)c(O)c1.Cl. The first kappa shape index (κ1) is 22.3. The van der Waals surface area contributed by atoms with E-state index in [0.29, 0.717) is 11.1 Å². The van der Waals surface area contributed by atoms with Crippen LogP contribution in [-0.2, 0) is 20.7 Å². The summed E-state index contributed by atoms with van der Waals surface area (Å²) in [5.41, 5.74) is 6.79. The molecule has 146 valence electrons. The second-order valence-electron chi connectivity index (χ2n) is 5.85. The molecule has 8 heteroatoms. The maximum Gasteiger partial charge on any atom is 0.338 e. The van der Waals surface area contributed by atoms with Gasteiger partial charge in [0.2, 0.25) is 0 Å². The highest BCUT2D eigenvalue weighted by Gasteiger charge is 2.20. The van der Waals surface area contributed by atoms with Gasteiger partial charge in [0.15, 0.2) is 11.5 Å². The largest absolute Gasteiger partial charge is 0.504 e. The maximum atomic E-state index is 12.0. The van der Waals surface area contributed by atoms with E-state index in [1.807, 2.05) is 0 Å². The van der Waals surface area contributed by atoms with Crippen molar-refractivity contribution in [2.45, 2.75) is 25.5 Å². The van der Waals surface area contributed by atoms with Gasteiger partial charge in [-0.05, 0) is 43.2 Å². The van der Waals surface area contributed by atoms with Crippen LogP contribution in [0.1, 0.15) is 22.8 Å².